The Morgan fingerprint density at radius 2 is 1.65 bits per heavy atom. The number of aryl methyl sites for hydroxylation is 3. The molecule has 1 atom stereocenters. The number of nitrogens with one attached hydrogen (secondary N) is 2. The summed E-state index contributed by atoms with van der Waals surface area (Å²) in [6.07, 6.45) is 0.201. The van der Waals surface area contributed by atoms with E-state index in [0.29, 0.717) is 11.3 Å². The van der Waals surface area contributed by atoms with Crippen LogP contribution in [0.2, 0.25) is 0 Å². The molecule has 26 heavy (non-hydrogen) atoms. The SMILES string of the molecule is COC(=O)C(Cc1ccc(F)cc1)NC(=O)Nc1cc(C)c(C)cc1C. The van der Waals surface area contributed by atoms with Crippen LogP contribution in [0.5, 0.6) is 0 Å². The molecule has 2 amide bonds. The van der Waals surface area contributed by atoms with Gasteiger partial charge in [-0.05, 0) is 61.2 Å². The van der Waals surface area contributed by atoms with Gasteiger partial charge in [0, 0.05) is 12.1 Å². The van der Waals surface area contributed by atoms with Crippen molar-refractivity contribution in [3.63, 3.8) is 0 Å². The van der Waals surface area contributed by atoms with Crippen molar-refractivity contribution in [2.24, 2.45) is 0 Å². The number of esters is 1. The van der Waals surface area contributed by atoms with E-state index in [1.807, 2.05) is 32.9 Å². The van der Waals surface area contributed by atoms with E-state index >= 15 is 0 Å². The summed E-state index contributed by atoms with van der Waals surface area (Å²) in [5.74, 6) is -0.930. The number of urea groups is 1. The molecule has 2 aromatic carbocycles. The predicted molar refractivity (Wildman–Crippen MR) is 98.7 cm³/mol. The van der Waals surface area contributed by atoms with E-state index < -0.39 is 18.0 Å². The molecule has 0 radical (unpaired) electrons. The van der Waals surface area contributed by atoms with Crippen LogP contribution in [0.1, 0.15) is 22.3 Å². The fraction of sp³-hybridized carbons (Fsp3) is 0.300. The van der Waals surface area contributed by atoms with E-state index in [-0.39, 0.29) is 12.2 Å². The van der Waals surface area contributed by atoms with Gasteiger partial charge in [-0.25, -0.2) is 14.0 Å². The summed E-state index contributed by atoms with van der Waals surface area (Å²) in [5.41, 5.74) is 4.51. The molecular weight excluding hydrogens is 335 g/mol. The zero-order valence-corrected chi connectivity index (χ0v) is 15.4. The van der Waals surface area contributed by atoms with Crippen molar-refractivity contribution >= 4 is 17.7 Å². The molecular formula is C20H23FN2O3. The van der Waals surface area contributed by atoms with Gasteiger partial charge in [-0.2, -0.15) is 0 Å². The number of carbonyl (C=O) groups is 2. The lowest BCUT2D eigenvalue weighted by atomic mass is 10.0. The molecule has 0 saturated heterocycles. The highest BCUT2D eigenvalue weighted by atomic mass is 19.1. The van der Waals surface area contributed by atoms with Crippen molar-refractivity contribution in [1.29, 1.82) is 0 Å². The normalized spacial score (nSPS) is 11.6. The molecule has 2 aromatic rings. The number of benzene rings is 2. The van der Waals surface area contributed by atoms with Crippen molar-refractivity contribution in [2.45, 2.75) is 33.2 Å². The first-order valence-electron chi connectivity index (χ1n) is 8.27. The van der Waals surface area contributed by atoms with E-state index in [2.05, 4.69) is 10.6 Å². The topological polar surface area (TPSA) is 67.4 Å². The van der Waals surface area contributed by atoms with Crippen LogP contribution in [0.25, 0.3) is 0 Å². The lowest BCUT2D eigenvalue weighted by Gasteiger charge is -2.18. The van der Waals surface area contributed by atoms with Gasteiger partial charge in [0.1, 0.15) is 11.9 Å². The summed E-state index contributed by atoms with van der Waals surface area (Å²) in [7, 11) is 1.26. The standard InChI is InChI=1S/C20H23FN2O3/c1-12-9-14(3)17(10-13(12)2)22-20(25)23-18(19(24)26-4)11-15-5-7-16(21)8-6-15/h5-10,18H,11H2,1-4H3,(H2,22,23,25). The third-order valence-corrected chi connectivity index (χ3v) is 4.23. The lowest BCUT2D eigenvalue weighted by molar-refractivity contribution is -0.142. The monoisotopic (exact) mass is 358 g/mol. The first-order chi connectivity index (χ1) is 12.3. The molecule has 0 aliphatic carbocycles. The lowest BCUT2D eigenvalue weighted by Crippen LogP contribution is -2.45. The van der Waals surface area contributed by atoms with Crippen molar-refractivity contribution in [1.82, 2.24) is 5.32 Å². The molecule has 0 heterocycles. The van der Waals surface area contributed by atoms with E-state index in [4.69, 9.17) is 4.74 Å². The number of hydrogen-bond acceptors (Lipinski definition) is 3. The maximum absolute atomic E-state index is 13.0. The first kappa shape index (κ1) is 19.4. The molecule has 5 nitrogen and oxygen atoms in total. The molecule has 0 aromatic heterocycles. The molecule has 2 rings (SSSR count). The average Bonchev–Trinajstić information content (AvgIpc) is 2.60. The number of halogens is 1. The Morgan fingerprint density at radius 3 is 2.27 bits per heavy atom. The number of amides is 2. The van der Waals surface area contributed by atoms with Gasteiger partial charge < -0.3 is 15.4 Å². The molecule has 0 saturated carbocycles. The predicted octanol–water partition coefficient (Wildman–Crippen LogP) is 3.66. The largest absolute Gasteiger partial charge is 0.467 e. The Balaban J connectivity index is 2.10. The maximum Gasteiger partial charge on any atom is 0.328 e. The Bertz CT molecular complexity index is 803. The van der Waals surface area contributed by atoms with Crippen LogP contribution >= 0.6 is 0 Å². The Hall–Kier alpha value is -2.89. The Morgan fingerprint density at radius 1 is 1.04 bits per heavy atom. The third kappa shape index (κ3) is 5.05. The summed E-state index contributed by atoms with van der Waals surface area (Å²) in [4.78, 5) is 24.3. The molecule has 0 bridgehead atoms. The van der Waals surface area contributed by atoms with Crippen LogP contribution in [-0.2, 0) is 16.0 Å². The van der Waals surface area contributed by atoms with Crippen molar-refractivity contribution in [3.05, 3.63) is 64.5 Å². The van der Waals surface area contributed by atoms with Crippen LogP contribution in [0, 0.1) is 26.6 Å². The van der Waals surface area contributed by atoms with Crippen molar-refractivity contribution in [2.75, 3.05) is 12.4 Å². The zero-order chi connectivity index (χ0) is 19.3. The van der Waals surface area contributed by atoms with Crippen molar-refractivity contribution in [3.8, 4) is 0 Å². The highest BCUT2D eigenvalue weighted by Crippen LogP contribution is 2.20. The zero-order valence-electron chi connectivity index (χ0n) is 15.4. The minimum absolute atomic E-state index is 0.201. The van der Waals surface area contributed by atoms with Crippen LogP contribution in [0.15, 0.2) is 36.4 Å². The number of anilines is 1. The maximum atomic E-state index is 13.0. The molecule has 138 valence electrons. The fourth-order valence-corrected chi connectivity index (χ4v) is 2.60. The molecule has 6 heteroatoms. The number of methoxy groups -OCH3 is 1. The first-order valence-corrected chi connectivity index (χ1v) is 8.27. The molecule has 0 fully saturated rings. The quantitative estimate of drug-likeness (QED) is 0.802. The minimum Gasteiger partial charge on any atom is -0.467 e. The molecule has 2 N–H and O–H groups in total. The highest BCUT2D eigenvalue weighted by molar-refractivity contribution is 5.93. The average molecular weight is 358 g/mol. The van der Waals surface area contributed by atoms with Gasteiger partial charge in [-0.3, -0.25) is 0 Å². The molecule has 0 spiro atoms. The van der Waals surface area contributed by atoms with E-state index in [1.165, 1.54) is 19.2 Å². The van der Waals surface area contributed by atoms with Crippen LogP contribution in [-0.4, -0.2) is 25.2 Å². The van der Waals surface area contributed by atoms with E-state index in [1.54, 1.807) is 12.1 Å². The number of rotatable bonds is 5. The third-order valence-electron chi connectivity index (χ3n) is 4.23. The van der Waals surface area contributed by atoms with Crippen LogP contribution in [0.4, 0.5) is 14.9 Å². The van der Waals surface area contributed by atoms with Crippen LogP contribution in [0.3, 0.4) is 0 Å². The van der Waals surface area contributed by atoms with Gasteiger partial charge in [-0.1, -0.05) is 18.2 Å². The highest BCUT2D eigenvalue weighted by Gasteiger charge is 2.22. The van der Waals surface area contributed by atoms with E-state index in [9.17, 15) is 14.0 Å². The fourth-order valence-electron chi connectivity index (χ4n) is 2.60. The molecule has 0 aliphatic rings. The van der Waals surface area contributed by atoms with Crippen LogP contribution < -0.4 is 10.6 Å². The summed E-state index contributed by atoms with van der Waals surface area (Å²) in [6, 6.07) is 8.24. The van der Waals surface area contributed by atoms with Gasteiger partial charge >= 0.3 is 12.0 Å². The van der Waals surface area contributed by atoms with Gasteiger partial charge in [0.15, 0.2) is 0 Å². The molecule has 1 unspecified atom stereocenters. The second-order valence-electron chi connectivity index (χ2n) is 6.26. The second-order valence-corrected chi connectivity index (χ2v) is 6.26. The van der Waals surface area contributed by atoms with Gasteiger partial charge in [0.05, 0.1) is 7.11 Å². The summed E-state index contributed by atoms with van der Waals surface area (Å²) < 4.78 is 17.8. The number of ether oxygens (including phenoxy) is 1. The molecule has 0 aliphatic heterocycles. The van der Waals surface area contributed by atoms with Gasteiger partial charge in [-0.15, -0.1) is 0 Å². The second kappa shape index (κ2) is 8.47. The van der Waals surface area contributed by atoms with Gasteiger partial charge in [0.25, 0.3) is 0 Å². The summed E-state index contributed by atoms with van der Waals surface area (Å²) in [5, 5.41) is 5.39. The minimum atomic E-state index is -0.877. The Labute approximate surface area is 152 Å². The van der Waals surface area contributed by atoms with Gasteiger partial charge in [0.2, 0.25) is 0 Å². The Kier molecular flexibility index (Phi) is 6.33. The number of carbonyl (C=O) groups excluding carboxylic acids is 2. The summed E-state index contributed by atoms with van der Waals surface area (Å²) >= 11 is 0. The smallest absolute Gasteiger partial charge is 0.328 e. The van der Waals surface area contributed by atoms with Crippen molar-refractivity contribution < 1.29 is 18.7 Å². The summed E-state index contributed by atoms with van der Waals surface area (Å²) in [6.45, 7) is 5.87. The number of hydrogen-bond donors (Lipinski definition) is 2. The van der Waals surface area contributed by atoms with E-state index in [0.717, 1.165) is 16.7 Å².